The zero-order valence-electron chi connectivity index (χ0n) is 11.7. The molecule has 0 unspecified atom stereocenters. The average molecular weight is 368 g/mol. The van der Waals surface area contributed by atoms with Gasteiger partial charge in [-0.15, -0.1) is 11.3 Å². The monoisotopic (exact) mass is 367 g/mol. The molecule has 0 saturated heterocycles. The fraction of sp³-hybridized carbons (Fsp3) is 0.312. The summed E-state index contributed by atoms with van der Waals surface area (Å²) < 4.78 is 6.56. The smallest absolute Gasteiger partial charge is 0.220 e. The molecule has 21 heavy (non-hydrogen) atoms. The summed E-state index contributed by atoms with van der Waals surface area (Å²) in [5, 5.41) is 4.99. The van der Waals surface area contributed by atoms with E-state index in [4.69, 9.17) is 4.74 Å². The molecule has 0 aliphatic heterocycles. The Balaban J connectivity index is 1.56. The van der Waals surface area contributed by atoms with Crippen molar-refractivity contribution in [2.24, 2.45) is 0 Å². The summed E-state index contributed by atoms with van der Waals surface area (Å²) >= 11 is 5.15. The average Bonchev–Trinajstić information content (AvgIpc) is 2.98. The first kappa shape index (κ1) is 16.0. The number of carbonyl (C=O) groups excluding carboxylic acids is 1. The first-order chi connectivity index (χ1) is 10.3. The van der Waals surface area contributed by atoms with Gasteiger partial charge in [-0.3, -0.25) is 4.79 Å². The van der Waals surface area contributed by atoms with Crippen LogP contribution < -0.4 is 10.1 Å². The van der Waals surface area contributed by atoms with Crippen LogP contribution in [0.5, 0.6) is 5.75 Å². The summed E-state index contributed by atoms with van der Waals surface area (Å²) in [6.45, 7) is 1.24. The largest absolute Gasteiger partial charge is 0.492 e. The number of benzene rings is 1. The summed E-state index contributed by atoms with van der Waals surface area (Å²) in [6, 6.07) is 11.8. The molecule has 1 aromatic carbocycles. The van der Waals surface area contributed by atoms with Crippen LogP contribution in [-0.4, -0.2) is 19.1 Å². The minimum absolute atomic E-state index is 0.0854. The van der Waals surface area contributed by atoms with Crippen LogP contribution in [0.4, 0.5) is 0 Å². The van der Waals surface area contributed by atoms with E-state index in [0.29, 0.717) is 26.0 Å². The second kappa shape index (κ2) is 8.85. The predicted molar refractivity (Wildman–Crippen MR) is 89.9 cm³/mol. The highest BCUT2D eigenvalue weighted by Gasteiger charge is 2.03. The molecular weight excluding hydrogens is 350 g/mol. The van der Waals surface area contributed by atoms with Crippen molar-refractivity contribution in [3.63, 3.8) is 0 Å². The summed E-state index contributed by atoms with van der Waals surface area (Å²) in [6.07, 6.45) is 2.11. The van der Waals surface area contributed by atoms with E-state index in [-0.39, 0.29) is 5.91 Å². The van der Waals surface area contributed by atoms with Gasteiger partial charge in [0.25, 0.3) is 0 Å². The van der Waals surface area contributed by atoms with Gasteiger partial charge in [0.15, 0.2) is 0 Å². The van der Waals surface area contributed by atoms with Crippen LogP contribution in [-0.2, 0) is 11.2 Å². The molecule has 5 heteroatoms. The van der Waals surface area contributed by atoms with Gasteiger partial charge in [-0.1, -0.05) is 18.2 Å². The molecule has 0 spiro atoms. The van der Waals surface area contributed by atoms with Crippen LogP contribution in [0.1, 0.15) is 17.7 Å². The van der Waals surface area contributed by atoms with E-state index in [9.17, 15) is 4.79 Å². The fourth-order valence-corrected chi connectivity index (χ4v) is 2.95. The molecule has 1 amide bonds. The van der Waals surface area contributed by atoms with Crippen molar-refractivity contribution in [3.05, 3.63) is 51.1 Å². The predicted octanol–water partition coefficient (Wildman–Crippen LogP) is 4.03. The molecular formula is C16H18BrNO2S. The third kappa shape index (κ3) is 5.89. The van der Waals surface area contributed by atoms with Crippen molar-refractivity contribution in [1.29, 1.82) is 0 Å². The first-order valence-corrected chi connectivity index (χ1v) is 8.59. The maximum atomic E-state index is 11.7. The topological polar surface area (TPSA) is 38.3 Å². The molecule has 0 fully saturated rings. The Kier molecular flexibility index (Phi) is 6.76. The van der Waals surface area contributed by atoms with E-state index in [1.54, 1.807) is 11.3 Å². The molecule has 0 saturated carbocycles. The van der Waals surface area contributed by atoms with E-state index >= 15 is 0 Å². The second-order valence-corrected chi connectivity index (χ2v) is 6.45. The van der Waals surface area contributed by atoms with Gasteiger partial charge >= 0.3 is 0 Å². The minimum Gasteiger partial charge on any atom is -0.492 e. The van der Waals surface area contributed by atoms with Crippen LogP contribution in [0.15, 0.2) is 46.3 Å². The molecule has 1 aromatic heterocycles. The lowest BCUT2D eigenvalue weighted by atomic mass is 10.3. The Morgan fingerprint density at radius 2 is 2.10 bits per heavy atom. The van der Waals surface area contributed by atoms with E-state index in [1.165, 1.54) is 4.88 Å². The van der Waals surface area contributed by atoms with Crippen molar-refractivity contribution in [2.45, 2.75) is 19.3 Å². The van der Waals surface area contributed by atoms with Crippen molar-refractivity contribution < 1.29 is 9.53 Å². The molecule has 0 bridgehead atoms. The normalized spacial score (nSPS) is 10.3. The zero-order chi connectivity index (χ0) is 14.9. The van der Waals surface area contributed by atoms with Crippen molar-refractivity contribution in [1.82, 2.24) is 5.32 Å². The van der Waals surface area contributed by atoms with Crippen LogP contribution >= 0.6 is 27.3 Å². The fourth-order valence-electron chi connectivity index (χ4n) is 1.84. The van der Waals surface area contributed by atoms with Crippen molar-refractivity contribution in [2.75, 3.05) is 13.2 Å². The zero-order valence-corrected chi connectivity index (χ0v) is 14.1. The minimum atomic E-state index is 0.0854. The van der Waals surface area contributed by atoms with Gasteiger partial charge < -0.3 is 10.1 Å². The molecule has 2 rings (SSSR count). The number of hydrogen-bond acceptors (Lipinski definition) is 3. The maximum absolute atomic E-state index is 11.7. The third-order valence-electron chi connectivity index (χ3n) is 2.92. The van der Waals surface area contributed by atoms with E-state index in [2.05, 4.69) is 32.7 Å². The number of ether oxygens (including phenoxy) is 1. The van der Waals surface area contributed by atoms with Gasteiger partial charge in [-0.2, -0.15) is 0 Å². The highest BCUT2D eigenvalue weighted by atomic mass is 79.9. The Morgan fingerprint density at radius 1 is 1.24 bits per heavy atom. The van der Waals surface area contributed by atoms with Gasteiger partial charge in [0.05, 0.1) is 11.1 Å². The summed E-state index contributed by atoms with van der Waals surface area (Å²) in [5.74, 6) is 0.901. The highest BCUT2D eigenvalue weighted by Crippen LogP contribution is 2.23. The summed E-state index contributed by atoms with van der Waals surface area (Å²) in [7, 11) is 0. The number of thiophene rings is 1. The second-order valence-electron chi connectivity index (χ2n) is 4.56. The Hall–Kier alpha value is -1.33. The molecule has 1 N–H and O–H groups in total. The quantitative estimate of drug-likeness (QED) is 0.715. The summed E-state index contributed by atoms with van der Waals surface area (Å²) in [4.78, 5) is 13.0. The van der Waals surface area contributed by atoms with Gasteiger partial charge in [-0.25, -0.2) is 0 Å². The van der Waals surface area contributed by atoms with Crippen LogP contribution in [0.25, 0.3) is 0 Å². The molecule has 0 radical (unpaired) electrons. The Bertz CT molecular complexity index is 557. The van der Waals surface area contributed by atoms with Crippen LogP contribution in [0.3, 0.4) is 0 Å². The number of amides is 1. The standard InChI is InChI=1S/C16H18BrNO2S/c17-14-6-1-2-7-15(14)20-11-3-8-16(19)18-10-9-13-5-4-12-21-13/h1-2,4-7,12H,3,8-11H2,(H,18,19). The SMILES string of the molecule is O=C(CCCOc1ccccc1Br)NCCc1cccs1. The molecule has 2 aromatic rings. The Morgan fingerprint density at radius 3 is 2.86 bits per heavy atom. The molecule has 1 heterocycles. The summed E-state index contributed by atoms with van der Waals surface area (Å²) in [5.41, 5.74) is 0. The lowest BCUT2D eigenvalue weighted by Gasteiger charge is -2.08. The van der Waals surface area contributed by atoms with Crippen LogP contribution in [0.2, 0.25) is 0 Å². The molecule has 3 nitrogen and oxygen atoms in total. The number of rotatable bonds is 8. The lowest BCUT2D eigenvalue weighted by Crippen LogP contribution is -2.25. The maximum Gasteiger partial charge on any atom is 0.220 e. The number of para-hydroxylation sites is 1. The van der Waals surface area contributed by atoms with Crippen molar-refractivity contribution >= 4 is 33.2 Å². The number of hydrogen-bond donors (Lipinski definition) is 1. The van der Waals surface area contributed by atoms with Gasteiger partial charge in [0, 0.05) is 17.8 Å². The third-order valence-corrected chi connectivity index (χ3v) is 4.51. The molecule has 0 atom stereocenters. The lowest BCUT2D eigenvalue weighted by molar-refractivity contribution is -0.121. The molecule has 0 aliphatic rings. The number of carbonyl (C=O) groups is 1. The van der Waals surface area contributed by atoms with Gasteiger partial charge in [0.1, 0.15) is 5.75 Å². The van der Waals surface area contributed by atoms with Crippen molar-refractivity contribution in [3.8, 4) is 5.75 Å². The van der Waals surface area contributed by atoms with E-state index < -0.39 is 0 Å². The number of nitrogens with one attached hydrogen (secondary N) is 1. The Labute approximate surface area is 137 Å². The number of halogens is 1. The molecule has 112 valence electrons. The van der Waals surface area contributed by atoms with E-state index in [1.807, 2.05) is 30.3 Å². The first-order valence-electron chi connectivity index (χ1n) is 6.92. The van der Waals surface area contributed by atoms with Gasteiger partial charge in [0.2, 0.25) is 5.91 Å². The van der Waals surface area contributed by atoms with Crippen LogP contribution in [0, 0.1) is 0 Å². The molecule has 0 aliphatic carbocycles. The highest BCUT2D eigenvalue weighted by molar-refractivity contribution is 9.10. The van der Waals surface area contributed by atoms with Gasteiger partial charge in [-0.05, 0) is 52.4 Å². The van der Waals surface area contributed by atoms with E-state index in [0.717, 1.165) is 16.6 Å².